The molecule has 0 aliphatic carbocycles. The molecule has 0 heterocycles. The van der Waals surface area contributed by atoms with E-state index in [0.717, 1.165) is 24.8 Å². The maximum atomic E-state index is 10.6. The lowest BCUT2D eigenvalue weighted by Crippen LogP contribution is -2.19. The Morgan fingerprint density at radius 2 is 1.83 bits per heavy atom. The van der Waals surface area contributed by atoms with Gasteiger partial charge in [0, 0.05) is 27.1 Å². The van der Waals surface area contributed by atoms with E-state index in [0.29, 0.717) is 5.92 Å². The number of hydrogen-bond acceptors (Lipinski definition) is 3. The Morgan fingerprint density at radius 1 is 1.28 bits per heavy atom. The molecule has 0 bridgehead atoms. The molecule has 0 fully saturated rings. The third kappa shape index (κ3) is 7.45. The van der Waals surface area contributed by atoms with Crippen LogP contribution in [0, 0.1) is 11.8 Å². The molecule has 0 rings (SSSR count). The van der Waals surface area contributed by atoms with Gasteiger partial charge in [-0.3, -0.25) is 4.79 Å². The summed E-state index contributed by atoms with van der Waals surface area (Å²) >= 11 is 0. The second-order valence-corrected chi connectivity index (χ2v) is 4.96. The van der Waals surface area contributed by atoms with E-state index in [9.17, 15) is 4.79 Å². The van der Waals surface area contributed by atoms with E-state index in [2.05, 4.69) is 6.58 Å². The highest BCUT2D eigenvalue weighted by Crippen LogP contribution is 2.25. The summed E-state index contributed by atoms with van der Waals surface area (Å²) in [5.41, 5.74) is 1.09. The number of aliphatic carboxylic acids is 1. The van der Waals surface area contributed by atoms with Gasteiger partial charge in [0.25, 0.3) is 0 Å². The van der Waals surface area contributed by atoms with Crippen molar-refractivity contribution in [3.05, 3.63) is 12.2 Å². The molecular formula is C14H26O4. The van der Waals surface area contributed by atoms with Crippen LogP contribution in [0.1, 0.15) is 39.5 Å². The number of ether oxygens (including phenoxy) is 2. The Morgan fingerprint density at radius 3 is 2.22 bits per heavy atom. The van der Waals surface area contributed by atoms with E-state index in [1.165, 1.54) is 0 Å². The van der Waals surface area contributed by atoms with Gasteiger partial charge in [-0.25, -0.2) is 0 Å². The van der Waals surface area contributed by atoms with Gasteiger partial charge in [-0.15, -0.1) is 0 Å². The third-order valence-electron chi connectivity index (χ3n) is 3.23. The number of carboxylic acids is 1. The first-order chi connectivity index (χ1) is 8.40. The zero-order valence-electron chi connectivity index (χ0n) is 11.9. The van der Waals surface area contributed by atoms with Crippen LogP contribution < -0.4 is 0 Å². The van der Waals surface area contributed by atoms with Crippen LogP contribution in [0.4, 0.5) is 0 Å². The van der Waals surface area contributed by atoms with Crippen LogP contribution in [-0.4, -0.2) is 31.6 Å². The molecule has 4 heteroatoms. The van der Waals surface area contributed by atoms with Gasteiger partial charge in [-0.05, 0) is 31.6 Å². The molecule has 0 radical (unpaired) electrons. The largest absolute Gasteiger partial charge is 0.481 e. The van der Waals surface area contributed by atoms with Gasteiger partial charge in [-0.1, -0.05) is 19.1 Å². The van der Waals surface area contributed by atoms with Crippen LogP contribution in [0.15, 0.2) is 12.2 Å². The summed E-state index contributed by atoms with van der Waals surface area (Å²) in [6.45, 7) is 7.95. The predicted molar refractivity (Wildman–Crippen MR) is 71.4 cm³/mol. The molecule has 0 aliphatic heterocycles. The quantitative estimate of drug-likeness (QED) is 0.483. The Bertz CT molecular complexity index is 259. The minimum Gasteiger partial charge on any atom is -0.481 e. The number of allylic oxidation sites excluding steroid dienone is 1. The fraction of sp³-hybridized carbons (Fsp3) is 0.786. The zero-order valence-corrected chi connectivity index (χ0v) is 11.9. The molecule has 4 nitrogen and oxygen atoms in total. The molecule has 106 valence electrons. The molecule has 18 heavy (non-hydrogen) atoms. The fourth-order valence-corrected chi connectivity index (χ4v) is 1.97. The molecule has 2 unspecified atom stereocenters. The van der Waals surface area contributed by atoms with Crippen LogP contribution in [-0.2, 0) is 14.3 Å². The molecule has 0 aromatic carbocycles. The van der Waals surface area contributed by atoms with Crippen LogP contribution in [0.3, 0.4) is 0 Å². The second-order valence-electron chi connectivity index (χ2n) is 4.96. The van der Waals surface area contributed by atoms with Crippen LogP contribution in [0.2, 0.25) is 0 Å². The summed E-state index contributed by atoms with van der Waals surface area (Å²) in [7, 11) is 3.24. The normalized spacial score (nSPS) is 14.5. The summed E-state index contributed by atoms with van der Waals surface area (Å²) in [5.74, 6) is -0.236. The molecule has 0 spiro atoms. The molecule has 0 aromatic rings. The minimum absolute atomic E-state index is 0.188. The van der Waals surface area contributed by atoms with E-state index < -0.39 is 5.97 Å². The predicted octanol–water partition coefficient (Wildman–Crippen LogP) is 3.08. The number of hydrogen-bond donors (Lipinski definition) is 1. The number of methoxy groups -OCH3 is 2. The highest BCUT2D eigenvalue weighted by Gasteiger charge is 2.18. The highest BCUT2D eigenvalue weighted by molar-refractivity contribution is 5.66. The Kier molecular flexibility index (Phi) is 8.67. The Labute approximate surface area is 110 Å². The van der Waals surface area contributed by atoms with Crippen molar-refractivity contribution in [1.29, 1.82) is 0 Å². The second kappa shape index (κ2) is 9.11. The van der Waals surface area contributed by atoms with E-state index in [1.807, 2.05) is 13.8 Å². The Hall–Kier alpha value is -0.870. The van der Waals surface area contributed by atoms with Crippen LogP contribution in [0.5, 0.6) is 0 Å². The van der Waals surface area contributed by atoms with Crippen molar-refractivity contribution >= 4 is 5.97 Å². The van der Waals surface area contributed by atoms with Crippen LogP contribution >= 0.6 is 0 Å². The summed E-state index contributed by atoms with van der Waals surface area (Å²) in [6.07, 6.45) is 2.57. The van der Waals surface area contributed by atoms with Gasteiger partial charge in [0.15, 0.2) is 6.29 Å². The van der Waals surface area contributed by atoms with Gasteiger partial charge >= 0.3 is 5.97 Å². The topological polar surface area (TPSA) is 55.8 Å². The fourth-order valence-electron chi connectivity index (χ4n) is 1.97. The standard InChI is InChI=1S/C14H26O4/c1-10(2)12(9-14(17-4)18-5)7-6-11(3)8-13(15)16/h11-12,14H,1,6-9H2,2-5H3,(H,15,16). The molecule has 2 atom stereocenters. The van der Waals surface area contributed by atoms with Crippen molar-refractivity contribution < 1.29 is 19.4 Å². The Balaban J connectivity index is 4.19. The lowest BCUT2D eigenvalue weighted by atomic mass is 9.88. The number of carboxylic acid groups (broad SMARTS) is 1. The summed E-state index contributed by atoms with van der Waals surface area (Å²) < 4.78 is 10.4. The van der Waals surface area contributed by atoms with Crippen molar-refractivity contribution in [2.75, 3.05) is 14.2 Å². The first-order valence-corrected chi connectivity index (χ1v) is 6.33. The summed E-state index contributed by atoms with van der Waals surface area (Å²) in [4.78, 5) is 10.6. The first kappa shape index (κ1) is 17.1. The molecule has 0 saturated carbocycles. The smallest absolute Gasteiger partial charge is 0.303 e. The average molecular weight is 258 g/mol. The van der Waals surface area contributed by atoms with Gasteiger partial charge in [0.1, 0.15) is 0 Å². The van der Waals surface area contributed by atoms with E-state index in [4.69, 9.17) is 14.6 Å². The molecule has 0 aliphatic rings. The van der Waals surface area contributed by atoms with Gasteiger partial charge in [0.2, 0.25) is 0 Å². The molecule has 0 amide bonds. The van der Waals surface area contributed by atoms with E-state index in [1.54, 1.807) is 14.2 Å². The van der Waals surface area contributed by atoms with E-state index >= 15 is 0 Å². The van der Waals surface area contributed by atoms with Gasteiger partial charge in [-0.2, -0.15) is 0 Å². The van der Waals surface area contributed by atoms with Crippen molar-refractivity contribution in [3.63, 3.8) is 0 Å². The maximum Gasteiger partial charge on any atom is 0.303 e. The van der Waals surface area contributed by atoms with Crippen molar-refractivity contribution in [3.8, 4) is 0 Å². The minimum atomic E-state index is -0.735. The zero-order chi connectivity index (χ0) is 14.1. The lowest BCUT2D eigenvalue weighted by Gasteiger charge is -2.23. The van der Waals surface area contributed by atoms with Gasteiger partial charge < -0.3 is 14.6 Å². The lowest BCUT2D eigenvalue weighted by molar-refractivity contribution is -0.138. The third-order valence-corrected chi connectivity index (χ3v) is 3.23. The maximum absolute atomic E-state index is 10.6. The monoisotopic (exact) mass is 258 g/mol. The van der Waals surface area contributed by atoms with Crippen LogP contribution in [0.25, 0.3) is 0 Å². The van der Waals surface area contributed by atoms with Crippen molar-refractivity contribution in [2.24, 2.45) is 11.8 Å². The number of rotatable bonds is 10. The molecular weight excluding hydrogens is 232 g/mol. The van der Waals surface area contributed by atoms with E-state index in [-0.39, 0.29) is 18.6 Å². The van der Waals surface area contributed by atoms with Gasteiger partial charge in [0.05, 0.1) is 0 Å². The molecule has 0 aromatic heterocycles. The summed E-state index contributed by atoms with van der Waals surface area (Å²) in [5, 5.41) is 8.72. The SMILES string of the molecule is C=C(C)C(CCC(C)CC(=O)O)CC(OC)OC. The number of carbonyl (C=O) groups is 1. The summed E-state index contributed by atoms with van der Waals surface area (Å²) in [6, 6.07) is 0. The first-order valence-electron chi connectivity index (χ1n) is 6.33. The highest BCUT2D eigenvalue weighted by atomic mass is 16.7. The molecule has 0 saturated heterocycles. The van der Waals surface area contributed by atoms with Crippen molar-refractivity contribution in [2.45, 2.75) is 45.8 Å². The average Bonchev–Trinajstić information content (AvgIpc) is 2.28. The molecule has 1 N–H and O–H groups in total. The van der Waals surface area contributed by atoms with Crippen molar-refractivity contribution in [1.82, 2.24) is 0 Å².